The predicted molar refractivity (Wildman–Crippen MR) is 61.8 cm³/mol. The third-order valence-corrected chi connectivity index (χ3v) is 2.07. The number of rotatable bonds is 1. The van der Waals surface area contributed by atoms with Crippen molar-refractivity contribution in [2.24, 2.45) is 5.41 Å². The van der Waals surface area contributed by atoms with Crippen molar-refractivity contribution in [2.45, 2.75) is 20.8 Å². The summed E-state index contributed by atoms with van der Waals surface area (Å²) in [6.45, 7) is 9.22. The molecule has 0 atom stereocenters. The first-order chi connectivity index (χ1) is 6.80. The van der Waals surface area contributed by atoms with Gasteiger partial charge in [-0.25, -0.2) is 0 Å². The first kappa shape index (κ1) is 12.0. The molecule has 15 heavy (non-hydrogen) atoms. The number of pyridine rings is 1. The number of hydrogen-bond donors (Lipinski definition) is 1. The molecule has 0 saturated carbocycles. The number of carbonyl (C=O) groups excluding carboxylic acids is 1. The first-order valence-electron chi connectivity index (χ1n) is 4.59. The second kappa shape index (κ2) is 4.19. The van der Waals surface area contributed by atoms with Gasteiger partial charge in [-0.15, -0.1) is 0 Å². The van der Waals surface area contributed by atoms with E-state index < -0.39 is 5.41 Å². The Hall–Kier alpha value is -1.09. The minimum absolute atomic E-state index is 0.0866. The van der Waals surface area contributed by atoms with E-state index in [0.29, 0.717) is 16.4 Å². The summed E-state index contributed by atoms with van der Waals surface area (Å²) in [5, 5.41) is 3.22. The molecule has 1 radical (unpaired) electrons. The Bertz CT molecular complexity index is 383. The summed E-state index contributed by atoms with van der Waals surface area (Å²) >= 11 is 5.77. The highest BCUT2D eigenvalue weighted by Crippen LogP contribution is 2.21. The Labute approximate surface area is 94.9 Å². The zero-order valence-corrected chi connectivity index (χ0v) is 9.85. The lowest BCUT2D eigenvalue weighted by molar-refractivity contribution is -0.123. The fourth-order valence-corrected chi connectivity index (χ4v) is 1.04. The molecule has 81 valence electrons. The van der Waals surface area contributed by atoms with Crippen molar-refractivity contribution in [1.29, 1.82) is 0 Å². The van der Waals surface area contributed by atoms with Crippen LogP contribution in [0.2, 0.25) is 5.02 Å². The molecule has 0 spiro atoms. The molecule has 1 aromatic rings. The molecule has 0 aliphatic carbocycles. The Morgan fingerprint density at radius 2 is 2.13 bits per heavy atom. The van der Waals surface area contributed by atoms with E-state index in [1.165, 1.54) is 6.20 Å². The van der Waals surface area contributed by atoms with Crippen LogP contribution in [-0.4, -0.2) is 10.9 Å². The lowest BCUT2D eigenvalue weighted by atomic mass is 9.95. The van der Waals surface area contributed by atoms with Gasteiger partial charge in [0.05, 0.1) is 16.4 Å². The highest BCUT2D eigenvalue weighted by atomic mass is 35.5. The van der Waals surface area contributed by atoms with Crippen molar-refractivity contribution in [2.75, 3.05) is 5.32 Å². The van der Waals surface area contributed by atoms with Crippen LogP contribution in [0.5, 0.6) is 0 Å². The number of nitrogens with zero attached hydrogens (tertiary/aromatic N) is 1. The quantitative estimate of drug-likeness (QED) is 0.799. The van der Waals surface area contributed by atoms with Gasteiger partial charge >= 0.3 is 0 Å². The van der Waals surface area contributed by atoms with Gasteiger partial charge < -0.3 is 5.32 Å². The summed E-state index contributed by atoms with van der Waals surface area (Å²) in [6, 6.07) is 1.64. The maximum atomic E-state index is 11.7. The molecular weight excluding hydrogens is 212 g/mol. The van der Waals surface area contributed by atoms with E-state index in [2.05, 4.69) is 17.2 Å². The number of nitrogens with one attached hydrogen (secondary N) is 1. The van der Waals surface area contributed by atoms with Gasteiger partial charge in [0.2, 0.25) is 5.91 Å². The molecule has 0 bridgehead atoms. The molecule has 0 unspecified atom stereocenters. The lowest BCUT2D eigenvalue weighted by Gasteiger charge is -2.18. The second-order valence-electron chi connectivity index (χ2n) is 4.35. The van der Waals surface area contributed by atoms with E-state index in [0.717, 1.165) is 0 Å². The highest BCUT2D eigenvalue weighted by Gasteiger charge is 2.21. The van der Waals surface area contributed by atoms with Crippen molar-refractivity contribution in [3.63, 3.8) is 0 Å². The van der Waals surface area contributed by atoms with Gasteiger partial charge in [0.1, 0.15) is 0 Å². The monoisotopic (exact) mass is 225 g/mol. The maximum Gasteiger partial charge on any atom is 0.229 e. The fraction of sp³-hybridized carbons (Fsp3) is 0.364. The summed E-state index contributed by atoms with van der Waals surface area (Å²) in [7, 11) is 0. The molecule has 0 saturated heterocycles. The zero-order chi connectivity index (χ0) is 11.6. The Morgan fingerprint density at radius 3 is 2.67 bits per heavy atom. The topological polar surface area (TPSA) is 42.0 Å². The van der Waals surface area contributed by atoms with Crippen LogP contribution >= 0.6 is 11.6 Å². The predicted octanol–water partition coefficient (Wildman–Crippen LogP) is 2.90. The largest absolute Gasteiger partial charge is 0.324 e. The SMILES string of the molecule is [CH2]c1ncc(Cl)cc1NC(=O)C(C)(C)C. The van der Waals surface area contributed by atoms with Crippen LogP contribution in [-0.2, 0) is 4.79 Å². The van der Waals surface area contributed by atoms with Crippen LogP contribution in [0.1, 0.15) is 26.5 Å². The van der Waals surface area contributed by atoms with Crippen LogP contribution in [0.4, 0.5) is 5.69 Å². The Kier molecular flexibility index (Phi) is 3.35. The normalized spacial score (nSPS) is 11.3. The van der Waals surface area contributed by atoms with Gasteiger partial charge in [-0.1, -0.05) is 32.4 Å². The summed E-state index contributed by atoms with van der Waals surface area (Å²) in [4.78, 5) is 15.6. The average Bonchev–Trinajstić information content (AvgIpc) is 2.09. The molecule has 1 N–H and O–H groups in total. The standard InChI is InChI=1S/C11H14ClN2O/c1-7-9(5-8(12)6-13-7)14-10(15)11(2,3)4/h5-6H,1H2,2-4H3,(H,14,15). The van der Waals surface area contributed by atoms with Crippen LogP contribution in [0.3, 0.4) is 0 Å². The van der Waals surface area contributed by atoms with Crippen molar-refractivity contribution in [3.8, 4) is 0 Å². The minimum Gasteiger partial charge on any atom is -0.324 e. The van der Waals surface area contributed by atoms with Crippen LogP contribution in [0.25, 0.3) is 0 Å². The van der Waals surface area contributed by atoms with Crippen LogP contribution in [0.15, 0.2) is 12.3 Å². The average molecular weight is 226 g/mol. The lowest BCUT2D eigenvalue weighted by Crippen LogP contribution is -2.28. The summed E-state index contributed by atoms with van der Waals surface area (Å²) in [5.74, 6) is -0.0866. The molecule has 0 fully saturated rings. The molecule has 1 amide bonds. The Morgan fingerprint density at radius 1 is 1.53 bits per heavy atom. The van der Waals surface area contributed by atoms with Crippen LogP contribution in [0, 0.1) is 12.3 Å². The van der Waals surface area contributed by atoms with E-state index in [-0.39, 0.29) is 5.91 Å². The fourth-order valence-electron chi connectivity index (χ4n) is 0.886. The molecule has 1 aromatic heterocycles. The first-order valence-corrected chi connectivity index (χ1v) is 4.97. The summed E-state index contributed by atoms with van der Waals surface area (Å²) < 4.78 is 0. The number of anilines is 1. The van der Waals surface area contributed by atoms with Crippen LogP contribution < -0.4 is 5.32 Å². The van der Waals surface area contributed by atoms with Crippen molar-refractivity contribution in [3.05, 3.63) is 29.9 Å². The smallest absolute Gasteiger partial charge is 0.229 e. The number of halogens is 1. The zero-order valence-electron chi connectivity index (χ0n) is 9.10. The van der Waals surface area contributed by atoms with E-state index in [9.17, 15) is 4.79 Å². The molecule has 3 nitrogen and oxygen atoms in total. The minimum atomic E-state index is -0.450. The number of hydrogen-bond acceptors (Lipinski definition) is 2. The molecule has 0 aliphatic heterocycles. The van der Waals surface area contributed by atoms with E-state index in [1.807, 2.05) is 20.8 Å². The Balaban J connectivity index is 2.90. The highest BCUT2D eigenvalue weighted by molar-refractivity contribution is 6.30. The van der Waals surface area contributed by atoms with Crippen molar-refractivity contribution in [1.82, 2.24) is 4.98 Å². The third-order valence-electron chi connectivity index (χ3n) is 1.87. The van der Waals surface area contributed by atoms with Gasteiger partial charge in [-0.3, -0.25) is 9.78 Å². The van der Waals surface area contributed by atoms with Crippen molar-refractivity contribution >= 4 is 23.2 Å². The second-order valence-corrected chi connectivity index (χ2v) is 4.79. The van der Waals surface area contributed by atoms with Gasteiger partial charge in [-0.05, 0) is 13.0 Å². The van der Waals surface area contributed by atoms with E-state index in [4.69, 9.17) is 11.6 Å². The summed E-state index contributed by atoms with van der Waals surface area (Å²) in [6.07, 6.45) is 1.50. The van der Waals surface area contributed by atoms with Gasteiger partial charge in [0, 0.05) is 11.6 Å². The summed E-state index contributed by atoms with van der Waals surface area (Å²) in [5.41, 5.74) is 0.619. The van der Waals surface area contributed by atoms with Crippen molar-refractivity contribution < 1.29 is 4.79 Å². The number of aromatic nitrogens is 1. The third kappa shape index (κ3) is 3.20. The molecule has 0 aliphatic rings. The molecule has 0 aromatic carbocycles. The molecular formula is C11H14ClN2O. The van der Waals surface area contributed by atoms with E-state index in [1.54, 1.807) is 6.07 Å². The van der Waals surface area contributed by atoms with Gasteiger partial charge in [-0.2, -0.15) is 0 Å². The number of carbonyl (C=O) groups is 1. The molecule has 4 heteroatoms. The number of amides is 1. The molecule has 1 heterocycles. The van der Waals surface area contributed by atoms with E-state index >= 15 is 0 Å². The maximum absolute atomic E-state index is 11.7. The van der Waals surface area contributed by atoms with Gasteiger partial charge in [0.15, 0.2) is 0 Å². The van der Waals surface area contributed by atoms with Gasteiger partial charge in [0.25, 0.3) is 0 Å². The molecule has 1 rings (SSSR count).